The molecule has 1 fully saturated rings. The van der Waals surface area contributed by atoms with E-state index in [1.165, 1.54) is 0 Å². The summed E-state index contributed by atoms with van der Waals surface area (Å²) in [5.74, 6) is 0.116. The van der Waals surface area contributed by atoms with Gasteiger partial charge in [0, 0.05) is 23.4 Å². The van der Waals surface area contributed by atoms with Crippen LogP contribution in [0.25, 0.3) is 0 Å². The van der Waals surface area contributed by atoms with Crippen molar-refractivity contribution >= 4 is 29.1 Å². The Bertz CT molecular complexity index is 393. The number of ether oxygens (including phenoxy) is 2. The number of rotatable bonds is 3. The zero-order chi connectivity index (χ0) is 12.3. The molecule has 1 heterocycles. The lowest BCUT2D eigenvalue weighted by Gasteiger charge is -2.29. The van der Waals surface area contributed by atoms with Gasteiger partial charge in [0.05, 0.1) is 5.25 Å². The fourth-order valence-electron chi connectivity index (χ4n) is 1.67. The summed E-state index contributed by atoms with van der Waals surface area (Å²) < 4.78 is 10.6. The molecule has 5 heteroatoms. The average Bonchev–Trinajstić information content (AvgIpc) is 2.32. The third-order valence-corrected chi connectivity index (χ3v) is 3.96. The van der Waals surface area contributed by atoms with Crippen LogP contribution in [0, 0.1) is 0 Å². The highest BCUT2D eigenvalue weighted by Crippen LogP contribution is 2.32. The third kappa shape index (κ3) is 3.45. The molecule has 0 aliphatic carbocycles. The molecule has 3 nitrogen and oxygen atoms in total. The maximum atomic E-state index is 11.4. The lowest BCUT2D eigenvalue weighted by Crippen LogP contribution is -2.38. The number of ketones is 1. The van der Waals surface area contributed by atoms with Crippen LogP contribution in [0.5, 0.6) is 0 Å². The molecule has 0 unspecified atom stereocenters. The molecule has 0 spiro atoms. The minimum atomic E-state index is -0.326. The number of thioether (sulfide) groups is 1. The smallest absolute Gasteiger partial charge is 0.170 e. The van der Waals surface area contributed by atoms with Crippen molar-refractivity contribution in [2.75, 3.05) is 13.7 Å². The maximum Gasteiger partial charge on any atom is 0.170 e. The zero-order valence-electron chi connectivity index (χ0n) is 9.39. The van der Waals surface area contributed by atoms with Gasteiger partial charge in [0.1, 0.15) is 6.61 Å². The quantitative estimate of drug-likeness (QED) is 0.848. The van der Waals surface area contributed by atoms with E-state index >= 15 is 0 Å². The van der Waals surface area contributed by atoms with E-state index in [4.69, 9.17) is 21.1 Å². The highest BCUT2D eigenvalue weighted by molar-refractivity contribution is 8.00. The number of benzene rings is 1. The zero-order valence-corrected chi connectivity index (χ0v) is 11.0. The summed E-state index contributed by atoms with van der Waals surface area (Å²) in [6, 6.07) is 7.52. The largest absolute Gasteiger partial charge is 0.355 e. The lowest BCUT2D eigenvalue weighted by molar-refractivity contribution is -0.160. The summed E-state index contributed by atoms with van der Waals surface area (Å²) in [4.78, 5) is 12.4. The van der Waals surface area contributed by atoms with Gasteiger partial charge in [-0.2, -0.15) is 0 Å². The first-order valence-electron chi connectivity index (χ1n) is 5.27. The summed E-state index contributed by atoms with van der Waals surface area (Å²) >= 11 is 7.40. The second-order valence-corrected chi connectivity index (χ2v) is 5.52. The molecule has 0 N–H and O–H groups in total. The van der Waals surface area contributed by atoms with Crippen LogP contribution in [-0.2, 0) is 14.3 Å². The van der Waals surface area contributed by atoms with E-state index in [9.17, 15) is 4.79 Å². The fourth-order valence-corrected chi connectivity index (χ4v) is 3.01. The van der Waals surface area contributed by atoms with E-state index in [1.54, 1.807) is 18.9 Å². The molecule has 1 aliphatic heterocycles. The van der Waals surface area contributed by atoms with Crippen molar-refractivity contribution in [3.63, 3.8) is 0 Å². The van der Waals surface area contributed by atoms with Crippen LogP contribution in [0.4, 0.5) is 0 Å². The standard InChI is InChI=1S/C12H13ClO3S/c1-15-12-11(6-9(14)7-16-12)17-10-4-2-8(13)3-5-10/h2-5,11-12H,6-7H2,1H3/t11-,12-/m0/s1. The number of carbonyl (C=O) groups is 1. The summed E-state index contributed by atoms with van der Waals surface area (Å²) in [7, 11) is 1.59. The predicted octanol–water partition coefficient (Wildman–Crippen LogP) is 2.76. The minimum absolute atomic E-state index is 0.00225. The summed E-state index contributed by atoms with van der Waals surface area (Å²) in [6.45, 7) is 0.149. The van der Waals surface area contributed by atoms with Gasteiger partial charge in [-0.1, -0.05) is 11.6 Å². The van der Waals surface area contributed by atoms with Gasteiger partial charge < -0.3 is 9.47 Å². The second-order valence-electron chi connectivity index (χ2n) is 3.77. The Morgan fingerprint density at radius 1 is 1.41 bits per heavy atom. The van der Waals surface area contributed by atoms with Crippen LogP contribution in [-0.4, -0.2) is 31.0 Å². The topological polar surface area (TPSA) is 35.5 Å². The fraction of sp³-hybridized carbons (Fsp3) is 0.417. The normalized spacial score (nSPS) is 24.9. The Kier molecular flexibility index (Phi) is 4.45. The molecule has 92 valence electrons. The van der Waals surface area contributed by atoms with Crippen LogP contribution >= 0.6 is 23.4 Å². The van der Waals surface area contributed by atoms with E-state index in [2.05, 4.69) is 0 Å². The molecular weight excluding hydrogens is 260 g/mol. The van der Waals surface area contributed by atoms with Crippen molar-refractivity contribution in [1.82, 2.24) is 0 Å². The van der Waals surface area contributed by atoms with Gasteiger partial charge in [0.2, 0.25) is 0 Å². The van der Waals surface area contributed by atoms with E-state index in [1.807, 2.05) is 24.3 Å². The third-order valence-electron chi connectivity index (χ3n) is 2.47. The number of halogens is 1. The van der Waals surface area contributed by atoms with Gasteiger partial charge in [0.15, 0.2) is 12.1 Å². The first-order valence-corrected chi connectivity index (χ1v) is 6.53. The molecule has 0 amide bonds. The maximum absolute atomic E-state index is 11.4. The van der Waals surface area contributed by atoms with Gasteiger partial charge >= 0.3 is 0 Å². The van der Waals surface area contributed by atoms with E-state index in [-0.39, 0.29) is 23.9 Å². The van der Waals surface area contributed by atoms with Crippen LogP contribution in [0.3, 0.4) is 0 Å². The molecule has 1 aromatic carbocycles. The number of hydrogen-bond acceptors (Lipinski definition) is 4. The van der Waals surface area contributed by atoms with E-state index < -0.39 is 0 Å². The molecule has 0 saturated carbocycles. The molecule has 0 bridgehead atoms. The first-order chi connectivity index (χ1) is 8.19. The first kappa shape index (κ1) is 12.9. The Balaban J connectivity index is 2.04. The molecule has 1 aliphatic rings. The van der Waals surface area contributed by atoms with Crippen molar-refractivity contribution in [3.8, 4) is 0 Å². The van der Waals surface area contributed by atoms with Crippen molar-refractivity contribution in [2.45, 2.75) is 22.9 Å². The summed E-state index contributed by atoms with van der Waals surface area (Å²) in [6.07, 6.45) is 0.152. The number of methoxy groups -OCH3 is 1. The molecule has 0 radical (unpaired) electrons. The molecular formula is C12H13ClO3S. The summed E-state index contributed by atoms with van der Waals surface area (Å²) in [5, 5.41) is 0.705. The van der Waals surface area contributed by atoms with Crippen LogP contribution < -0.4 is 0 Å². The van der Waals surface area contributed by atoms with Gasteiger partial charge in [-0.3, -0.25) is 4.79 Å². The Hall–Kier alpha value is -0.550. The van der Waals surface area contributed by atoms with Crippen molar-refractivity contribution in [3.05, 3.63) is 29.3 Å². The minimum Gasteiger partial charge on any atom is -0.355 e. The van der Waals surface area contributed by atoms with Gasteiger partial charge in [0.25, 0.3) is 0 Å². The second kappa shape index (κ2) is 5.87. The van der Waals surface area contributed by atoms with Crippen molar-refractivity contribution < 1.29 is 14.3 Å². The van der Waals surface area contributed by atoms with E-state index in [0.29, 0.717) is 11.4 Å². The number of carbonyl (C=O) groups excluding carboxylic acids is 1. The van der Waals surface area contributed by atoms with Crippen molar-refractivity contribution in [2.24, 2.45) is 0 Å². The van der Waals surface area contributed by atoms with Crippen LogP contribution in [0.15, 0.2) is 29.2 Å². The van der Waals surface area contributed by atoms with Crippen LogP contribution in [0.2, 0.25) is 5.02 Å². The molecule has 2 rings (SSSR count). The molecule has 2 atom stereocenters. The van der Waals surface area contributed by atoms with E-state index in [0.717, 1.165) is 4.90 Å². The Labute approximate surface area is 109 Å². The highest BCUT2D eigenvalue weighted by Gasteiger charge is 2.30. The molecule has 1 aromatic rings. The lowest BCUT2D eigenvalue weighted by atomic mass is 10.2. The molecule has 17 heavy (non-hydrogen) atoms. The SMILES string of the molecule is CO[C@H]1OCC(=O)C[C@@H]1Sc1ccc(Cl)cc1. The van der Waals surface area contributed by atoms with Crippen molar-refractivity contribution in [1.29, 1.82) is 0 Å². The van der Waals surface area contributed by atoms with Gasteiger partial charge in [-0.25, -0.2) is 0 Å². The average molecular weight is 273 g/mol. The van der Waals surface area contributed by atoms with Crippen LogP contribution in [0.1, 0.15) is 6.42 Å². The van der Waals surface area contributed by atoms with Gasteiger partial charge in [-0.15, -0.1) is 11.8 Å². The summed E-state index contributed by atoms with van der Waals surface area (Å²) in [5.41, 5.74) is 0. The molecule has 1 saturated heterocycles. The number of Topliss-reactive ketones (excluding diaryl/α,β-unsaturated/α-hetero) is 1. The monoisotopic (exact) mass is 272 g/mol. The molecule has 0 aromatic heterocycles. The van der Waals surface area contributed by atoms with Gasteiger partial charge in [-0.05, 0) is 24.3 Å². The Morgan fingerprint density at radius 3 is 2.76 bits per heavy atom. The predicted molar refractivity (Wildman–Crippen MR) is 67.5 cm³/mol. The Morgan fingerprint density at radius 2 is 2.12 bits per heavy atom. The highest BCUT2D eigenvalue weighted by atomic mass is 35.5. The number of hydrogen-bond donors (Lipinski definition) is 0.